The van der Waals surface area contributed by atoms with Crippen molar-refractivity contribution in [2.45, 2.75) is 25.8 Å². The summed E-state index contributed by atoms with van der Waals surface area (Å²) in [6.45, 7) is 2.84. The van der Waals surface area contributed by atoms with Crippen LogP contribution in [0.1, 0.15) is 35.3 Å². The van der Waals surface area contributed by atoms with Crippen molar-refractivity contribution in [3.63, 3.8) is 0 Å². The largest absolute Gasteiger partial charge is 0.481 e. The molecule has 1 amide bonds. The molecular weight excluding hydrogens is 406 g/mol. The average molecular weight is 426 g/mol. The van der Waals surface area contributed by atoms with Gasteiger partial charge in [-0.15, -0.1) is 0 Å². The Hall–Kier alpha value is -3.81. The van der Waals surface area contributed by atoms with Gasteiger partial charge in [0.15, 0.2) is 0 Å². The highest BCUT2D eigenvalue weighted by atomic mass is 19.1. The number of hydrogen-bond donors (Lipinski definition) is 2. The van der Waals surface area contributed by atoms with E-state index < -0.39 is 28.9 Å². The maximum atomic E-state index is 14.5. The molecule has 31 heavy (non-hydrogen) atoms. The molecule has 0 bridgehead atoms. The van der Waals surface area contributed by atoms with Crippen LogP contribution in [0.2, 0.25) is 0 Å². The van der Waals surface area contributed by atoms with Gasteiger partial charge in [-0.3, -0.25) is 9.59 Å². The minimum absolute atomic E-state index is 0.0191. The van der Waals surface area contributed by atoms with Crippen molar-refractivity contribution in [3.05, 3.63) is 89.1 Å². The Morgan fingerprint density at radius 2 is 1.81 bits per heavy atom. The van der Waals surface area contributed by atoms with E-state index in [2.05, 4.69) is 10.3 Å². The second-order valence-electron chi connectivity index (χ2n) is 7.33. The van der Waals surface area contributed by atoms with Crippen molar-refractivity contribution in [2.75, 3.05) is 0 Å². The monoisotopic (exact) mass is 426 g/mol. The van der Waals surface area contributed by atoms with Crippen LogP contribution in [0.5, 0.6) is 11.6 Å². The van der Waals surface area contributed by atoms with Crippen LogP contribution < -0.4 is 10.1 Å². The van der Waals surface area contributed by atoms with E-state index in [9.17, 15) is 23.5 Å². The number of hydrogen-bond acceptors (Lipinski definition) is 4. The Kier molecular flexibility index (Phi) is 6.29. The number of aliphatic carboxylic acids is 1. The minimum atomic E-state index is -1.25. The summed E-state index contributed by atoms with van der Waals surface area (Å²) in [5, 5.41) is 11.9. The summed E-state index contributed by atoms with van der Waals surface area (Å²) in [4.78, 5) is 28.0. The minimum Gasteiger partial charge on any atom is -0.481 e. The van der Waals surface area contributed by atoms with Gasteiger partial charge in [0.1, 0.15) is 22.9 Å². The fourth-order valence-electron chi connectivity index (χ4n) is 2.73. The van der Waals surface area contributed by atoms with Crippen LogP contribution >= 0.6 is 0 Å². The van der Waals surface area contributed by atoms with Gasteiger partial charge in [-0.05, 0) is 61.9 Å². The van der Waals surface area contributed by atoms with E-state index in [0.29, 0.717) is 11.3 Å². The number of halogens is 2. The molecule has 0 atom stereocenters. The van der Waals surface area contributed by atoms with Crippen molar-refractivity contribution in [3.8, 4) is 11.6 Å². The molecule has 3 aromatic rings. The summed E-state index contributed by atoms with van der Waals surface area (Å²) < 4.78 is 33.1. The highest BCUT2D eigenvalue weighted by Crippen LogP contribution is 2.26. The number of pyridine rings is 1. The number of carbonyl (C=O) groups is 2. The molecule has 0 unspecified atom stereocenters. The fraction of sp³-hybridized carbons (Fsp3) is 0.174. The first-order valence-corrected chi connectivity index (χ1v) is 9.37. The van der Waals surface area contributed by atoms with E-state index in [1.807, 2.05) is 0 Å². The molecule has 0 aliphatic heterocycles. The number of benzene rings is 2. The summed E-state index contributed by atoms with van der Waals surface area (Å²) in [5.41, 5.74) is -0.612. The summed E-state index contributed by atoms with van der Waals surface area (Å²) in [7, 11) is 0. The van der Waals surface area contributed by atoms with Crippen LogP contribution in [0.25, 0.3) is 0 Å². The van der Waals surface area contributed by atoms with Crippen LogP contribution in [-0.2, 0) is 16.8 Å². The molecule has 160 valence electrons. The van der Waals surface area contributed by atoms with Crippen LogP contribution in [0, 0.1) is 11.6 Å². The predicted octanol–water partition coefficient (Wildman–Crippen LogP) is 4.44. The third-order valence-electron chi connectivity index (χ3n) is 4.79. The Morgan fingerprint density at radius 3 is 2.45 bits per heavy atom. The standard InChI is InChI=1S/C23H20F2N2O4/c1-23(2,22(29)30)15-6-5-14(19(25)12-15)13-27-20(28)18-4-3-11-26-21(18)31-17-9-7-16(24)8-10-17/h3-12H,13H2,1-2H3,(H,27,28)(H,29,30). The lowest BCUT2D eigenvalue weighted by molar-refractivity contribution is -0.142. The molecule has 0 radical (unpaired) electrons. The van der Waals surface area contributed by atoms with Gasteiger partial charge in [0.05, 0.1) is 5.41 Å². The number of aromatic nitrogens is 1. The molecule has 6 nitrogen and oxygen atoms in total. The highest BCUT2D eigenvalue weighted by molar-refractivity contribution is 5.96. The van der Waals surface area contributed by atoms with Gasteiger partial charge in [0.2, 0.25) is 5.88 Å². The zero-order chi connectivity index (χ0) is 22.6. The number of amides is 1. The van der Waals surface area contributed by atoms with Gasteiger partial charge in [0.25, 0.3) is 5.91 Å². The normalized spacial score (nSPS) is 11.1. The zero-order valence-electron chi connectivity index (χ0n) is 16.9. The molecule has 0 aliphatic rings. The molecule has 0 saturated heterocycles. The van der Waals surface area contributed by atoms with E-state index in [-0.39, 0.29) is 23.6 Å². The summed E-state index contributed by atoms with van der Waals surface area (Å²) in [6.07, 6.45) is 1.44. The topological polar surface area (TPSA) is 88.5 Å². The number of nitrogens with one attached hydrogen (secondary N) is 1. The first-order valence-electron chi connectivity index (χ1n) is 9.37. The molecular formula is C23H20F2N2O4. The molecule has 1 heterocycles. The number of carbonyl (C=O) groups excluding carboxylic acids is 1. The molecule has 3 rings (SSSR count). The van der Waals surface area contributed by atoms with Crippen molar-refractivity contribution in [1.29, 1.82) is 0 Å². The van der Waals surface area contributed by atoms with Crippen molar-refractivity contribution >= 4 is 11.9 Å². The number of ether oxygens (including phenoxy) is 1. The number of nitrogens with zero attached hydrogens (tertiary/aromatic N) is 1. The fourth-order valence-corrected chi connectivity index (χ4v) is 2.73. The maximum Gasteiger partial charge on any atom is 0.313 e. The zero-order valence-corrected chi connectivity index (χ0v) is 16.9. The molecule has 0 saturated carbocycles. The van der Waals surface area contributed by atoms with Gasteiger partial charge in [0, 0.05) is 18.3 Å². The number of carboxylic acids is 1. The Labute approximate surface area is 177 Å². The Morgan fingerprint density at radius 1 is 1.10 bits per heavy atom. The third-order valence-corrected chi connectivity index (χ3v) is 4.79. The van der Waals surface area contributed by atoms with E-state index in [1.165, 1.54) is 62.5 Å². The summed E-state index contributed by atoms with van der Waals surface area (Å²) in [5.74, 6) is -2.34. The SMILES string of the molecule is CC(C)(C(=O)O)c1ccc(CNC(=O)c2cccnc2Oc2ccc(F)cc2)c(F)c1. The first kappa shape index (κ1) is 21.9. The van der Waals surface area contributed by atoms with Crippen LogP contribution in [0.4, 0.5) is 8.78 Å². The second kappa shape index (κ2) is 8.91. The summed E-state index contributed by atoms with van der Waals surface area (Å²) >= 11 is 0. The molecule has 2 aromatic carbocycles. The first-order chi connectivity index (χ1) is 14.7. The molecule has 0 aliphatic carbocycles. The van der Waals surface area contributed by atoms with Crippen LogP contribution in [0.15, 0.2) is 60.8 Å². The molecule has 1 aromatic heterocycles. The molecule has 0 spiro atoms. The lowest BCUT2D eigenvalue weighted by Gasteiger charge is -2.20. The number of carboxylic acid groups (broad SMARTS) is 1. The molecule has 8 heteroatoms. The lowest BCUT2D eigenvalue weighted by Crippen LogP contribution is -2.29. The summed E-state index contributed by atoms with van der Waals surface area (Å²) in [6, 6.07) is 12.4. The quantitative estimate of drug-likeness (QED) is 0.583. The van der Waals surface area contributed by atoms with Gasteiger partial charge < -0.3 is 15.2 Å². The lowest BCUT2D eigenvalue weighted by atomic mass is 9.84. The van der Waals surface area contributed by atoms with Crippen molar-refractivity contribution < 1.29 is 28.2 Å². The van der Waals surface area contributed by atoms with Crippen molar-refractivity contribution in [1.82, 2.24) is 10.3 Å². The third kappa shape index (κ3) is 5.03. The second-order valence-corrected chi connectivity index (χ2v) is 7.33. The Balaban J connectivity index is 1.73. The van der Waals surface area contributed by atoms with Crippen LogP contribution in [-0.4, -0.2) is 22.0 Å². The van der Waals surface area contributed by atoms with Gasteiger partial charge in [-0.2, -0.15) is 0 Å². The van der Waals surface area contributed by atoms with Crippen LogP contribution in [0.3, 0.4) is 0 Å². The van der Waals surface area contributed by atoms with Crippen molar-refractivity contribution in [2.24, 2.45) is 0 Å². The van der Waals surface area contributed by atoms with E-state index in [1.54, 1.807) is 6.07 Å². The van der Waals surface area contributed by atoms with Gasteiger partial charge >= 0.3 is 5.97 Å². The van der Waals surface area contributed by atoms with Gasteiger partial charge in [-0.25, -0.2) is 13.8 Å². The molecule has 2 N–H and O–H groups in total. The predicted molar refractivity (Wildman–Crippen MR) is 109 cm³/mol. The van der Waals surface area contributed by atoms with E-state index in [0.717, 1.165) is 6.07 Å². The molecule has 0 fully saturated rings. The highest BCUT2D eigenvalue weighted by Gasteiger charge is 2.30. The smallest absolute Gasteiger partial charge is 0.313 e. The average Bonchev–Trinajstić information content (AvgIpc) is 2.74. The Bertz CT molecular complexity index is 1110. The van der Waals surface area contributed by atoms with Gasteiger partial charge in [-0.1, -0.05) is 12.1 Å². The van der Waals surface area contributed by atoms with E-state index in [4.69, 9.17) is 4.74 Å². The number of rotatable bonds is 7. The maximum absolute atomic E-state index is 14.5. The van der Waals surface area contributed by atoms with E-state index >= 15 is 0 Å².